The van der Waals surface area contributed by atoms with Gasteiger partial charge in [-0.1, -0.05) is 55.2 Å². The van der Waals surface area contributed by atoms with E-state index in [4.69, 9.17) is 23.2 Å². The number of carbonyl (C=O) groups excluding carboxylic acids is 2. The fourth-order valence-corrected chi connectivity index (χ4v) is 6.18. The second-order valence-electron chi connectivity index (χ2n) is 11.0. The summed E-state index contributed by atoms with van der Waals surface area (Å²) in [4.78, 5) is 33.1. The van der Waals surface area contributed by atoms with Crippen molar-refractivity contribution in [3.63, 3.8) is 0 Å². The Morgan fingerprint density at radius 1 is 1.13 bits per heavy atom. The molecule has 1 atom stereocenters. The van der Waals surface area contributed by atoms with Gasteiger partial charge in [0.25, 0.3) is 0 Å². The standard InChI is InChI=1S/C31H32Cl2N4O2/c1-19(38)37-29-21(18-35-14-11-20-9-12-34-13-10-20)5-4-6-25(29)36-26-16-31(2,3)17-27(39)28(26)30(37)23-8-7-22(32)15-24(23)33/h4-10,12-13,15,30,35-36H,11,14,16-18H2,1-3H3. The molecule has 1 amide bonds. The van der Waals surface area contributed by atoms with Crippen molar-refractivity contribution in [1.82, 2.24) is 10.3 Å². The molecule has 0 radical (unpaired) electrons. The Labute approximate surface area is 239 Å². The molecule has 1 aliphatic heterocycles. The molecular formula is C31H32Cl2N4O2. The third kappa shape index (κ3) is 5.74. The zero-order valence-corrected chi connectivity index (χ0v) is 23.9. The van der Waals surface area contributed by atoms with Gasteiger partial charge in [-0.15, -0.1) is 0 Å². The average molecular weight is 564 g/mol. The first kappa shape index (κ1) is 27.4. The van der Waals surface area contributed by atoms with E-state index in [1.807, 2.05) is 36.4 Å². The third-order valence-electron chi connectivity index (χ3n) is 7.35. The van der Waals surface area contributed by atoms with Crippen molar-refractivity contribution in [1.29, 1.82) is 0 Å². The maximum absolute atomic E-state index is 13.8. The van der Waals surface area contributed by atoms with Gasteiger partial charge in [-0.2, -0.15) is 0 Å². The molecule has 1 aromatic heterocycles. The summed E-state index contributed by atoms with van der Waals surface area (Å²) >= 11 is 13.0. The number of Topliss-reactive ketones (excluding diaryl/α,β-unsaturated/α-hetero) is 1. The lowest BCUT2D eigenvalue weighted by molar-refractivity contribution is -0.118. The quantitative estimate of drug-likeness (QED) is 0.320. The zero-order valence-electron chi connectivity index (χ0n) is 22.4. The Hall–Kier alpha value is -3.19. The van der Waals surface area contributed by atoms with E-state index >= 15 is 0 Å². The van der Waals surface area contributed by atoms with Gasteiger partial charge in [-0.05, 0) is 71.8 Å². The van der Waals surface area contributed by atoms with Gasteiger partial charge in [0, 0.05) is 53.6 Å². The number of para-hydroxylation sites is 1. The van der Waals surface area contributed by atoms with Crippen LogP contribution in [0.2, 0.25) is 10.0 Å². The van der Waals surface area contributed by atoms with Gasteiger partial charge in [0.15, 0.2) is 5.78 Å². The number of nitrogens with zero attached hydrogens (tertiary/aromatic N) is 2. The SMILES string of the molecule is CC(=O)N1c2c(CNCCc3ccncc3)cccc2NC2=C(C(=O)CC(C)(C)C2)C1c1ccc(Cl)cc1Cl. The molecule has 1 unspecified atom stereocenters. The first-order valence-electron chi connectivity index (χ1n) is 13.1. The van der Waals surface area contributed by atoms with E-state index in [9.17, 15) is 9.59 Å². The van der Waals surface area contributed by atoms with Gasteiger partial charge < -0.3 is 10.6 Å². The molecule has 3 aromatic rings. The number of ketones is 1. The molecule has 8 heteroatoms. The maximum Gasteiger partial charge on any atom is 0.224 e. The van der Waals surface area contributed by atoms with E-state index in [-0.39, 0.29) is 17.1 Å². The molecule has 0 saturated carbocycles. The van der Waals surface area contributed by atoms with Crippen LogP contribution in [0.4, 0.5) is 11.4 Å². The highest BCUT2D eigenvalue weighted by atomic mass is 35.5. The summed E-state index contributed by atoms with van der Waals surface area (Å²) in [6.45, 7) is 7.04. The lowest BCUT2D eigenvalue weighted by atomic mass is 9.73. The molecular weight excluding hydrogens is 531 g/mol. The smallest absolute Gasteiger partial charge is 0.224 e. The highest BCUT2D eigenvalue weighted by Crippen LogP contribution is 2.50. The number of carbonyl (C=O) groups is 2. The van der Waals surface area contributed by atoms with Crippen molar-refractivity contribution >= 4 is 46.3 Å². The van der Waals surface area contributed by atoms with Gasteiger partial charge in [0.05, 0.1) is 17.4 Å². The lowest BCUT2D eigenvalue weighted by Crippen LogP contribution is -2.39. The number of hydrogen-bond donors (Lipinski definition) is 2. The summed E-state index contributed by atoms with van der Waals surface area (Å²) in [6, 6.07) is 14.5. The molecule has 5 rings (SSSR count). The van der Waals surface area contributed by atoms with E-state index in [0.717, 1.165) is 35.6 Å². The molecule has 0 spiro atoms. The Morgan fingerprint density at radius 3 is 2.62 bits per heavy atom. The zero-order chi connectivity index (χ0) is 27.7. The molecule has 2 aromatic carbocycles. The van der Waals surface area contributed by atoms with E-state index in [1.165, 1.54) is 12.5 Å². The van der Waals surface area contributed by atoms with Crippen LogP contribution in [0.5, 0.6) is 0 Å². The highest BCUT2D eigenvalue weighted by Gasteiger charge is 2.43. The van der Waals surface area contributed by atoms with Crippen LogP contribution >= 0.6 is 23.2 Å². The molecule has 39 heavy (non-hydrogen) atoms. The second-order valence-corrected chi connectivity index (χ2v) is 11.9. The molecule has 0 fully saturated rings. The van der Waals surface area contributed by atoms with Crippen molar-refractivity contribution in [2.75, 3.05) is 16.8 Å². The monoisotopic (exact) mass is 562 g/mol. The minimum absolute atomic E-state index is 0.0147. The number of allylic oxidation sites excluding steroid dienone is 1. The molecule has 202 valence electrons. The van der Waals surface area contributed by atoms with Crippen LogP contribution in [0.15, 0.2) is 72.2 Å². The number of anilines is 2. The summed E-state index contributed by atoms with van der Waals surface area (Å²) in [7, 11) is 0. The van der Waals surface area contributed by atoms with Crippen molar-refractivity contribution in [3.05, 3.63) is 98.9 Å². The fourth-order valence-electron chi connectivity index (χ4n) is 5.67. The van der Waals surface area contributed by atoms with Crippen LogP contribution in [0.25, 0.3) is 0 Å². The first-order chi connectivity index (χ1) is 18.6. The minimum Gasteiger partial charge on any atom is -0.357 e. The van der Waals surface area contributed by atoms with Gasteiger partial charge >= 0.3 is 0 Å². The van der Waals surface area contributed by atoms with Crippen molar-refractivity contribution < 1.29 is 9.59 Å². The summed E-state index contributed by atoms with van der Waals surface area (Å²) < 4.78 is 0. The largest absolute Gasteiger partial charge is 0.357 e. The van der Waals surface area contributed by atoms with Gasteiger partial charge in [-0.25, -0.2) is 0 Å². The number of benzene rings is 2. The predicted octanol–water partition coefficient (Wildman–Crippen LogP) is 6.88. The highest BCUT2D eigenvalue weighted by molar-refractivity contribution is 6.35. The molecule has 6 nitrogen and oxygen atoms in total. The lowest BCUT2D eigenvalue weighted by Gasteiger charge is -2.37. The van der Waals surface area contributed by atoms with Gasteiger partial charge in [0.2, 0.25) is 5.91 Å². The average Bonchev–Trinajstić information content (AvgIpc) is 3.01. The van der Waals surface area contributed by atoms with E-state index in [0.29, 0.717) is 40.6 Å². The number of amides is 1. The summed E-state index contributed by atoms with van der Waals surface area (Å²) in [6.07, 6.45) is 5.51. The van der Waals surface area contributed by atoms with E-state index < -0.39 is 6.04 Å². The van der Waals surface area contributed by atoms with Crippen LogP contribution < -0.4 is 15.5 Å². The molecule has 1 aliphatic carbocycles. The molecule has 0 bridgehead atoms. The molecule has 2 N–H and O–H groups in total. The number of hydrogen-bond acceptors (Lipinski definition) is 5. The Balaban J connectivity index is 1.60. The number of nitrogens with one attached hydrogen (secondary N) is 2. The predicted molar refractivity (Wildman–Crippen MR) is 157 cm³/mol. The fraction of sp³-hybridized carbons (Fsp3) is 0.323. The third-order valence-corrected chi connectivity index (χ3v) is 7.91. The first-order valence-corrected chi connectivity index (χ1v) is 13.9. The molecule has 0 saturated heterocycles. The number of fused-ring (bicyclic) bond motifs is 1. The number of halogens is 2. The van der Waals surface area contributed by atoms with Crippen molar-refractivity contribution in [2.45, 2.75) is 52.6 Å². The number of aromatic nitrogens is 1. The van der Waals surface area contributed by atoms with Gasteiger partial charge in [0.1, 0.15) is 0 Å². The van der Waals surface area contributed by atoms with Gasteiger partial charge in [-0.3, -0.25) is 19.5 Å². The minimum atomic E-state index is -0.683. The topological polar surface area (TPSA) is 74.3 Å². The maximum atomic E-state index is 13.8. The second kappa shape index (κ2) is 11.1. The number of pyridine rings is 1. The summed E-state index contributed by atoms with van der Waals surface area (Å²) in [5.74, 6) is -0.162. The van der Waals surface area contributed by atoms with E-state index in [1.54, 1.807) is 29.4 Å². The molecule has 2 aliphatic rings. The number of rotatable bonds is 6. The summed E-state index contributed by atoms with van der Waals surface area (Å²) in [5, 5.41) is 8.02. The van der Waals surface area contributed by atoms with Crippen molar-refractivity contribution in [2.24, 2.45) is 5.41 Å². The van der Waals surface area contributed by atoms with Crippen LogP contribution in [-0.4, -0.2) is 23.2 Å². The Morgan fingerprint density at radius 2 is 1.90 bits per heavy atom. The van der Waals surface area contributed by atoms with E-state index in [2.05, 4.69) is 29.5 Å². The molecule has 2 heterocycles. The van der Waals surface area contributed by atoms with Crippen LogP contribution in [0, 0.1) is 5.41 Å². The Bertz CT molecular complexity index is 1450. The Kier molecular flexibility index (Phi) is 7.81. The van der Waals surface area contributed by atoms with Crippen LogP contribution in [0.1, 0.15) is 56.3 Å². The van der Waals surface area contributed by atoms with Crippen LogP contribution in [0.3, 0.4) is 0 Å². The van der Waals surface area contributed by atoms with Crippen molar-refractivity contribution in [3.8, 4) is 0 Å². The normalized spacial score (nSPS) is 18.2. The van der Waals surface area contributed by atoms with Crippen LogP contribution in [-0.2, 0) is 22.6 Å². The summed E-state index contributed by atoms with van der Waals surface area (Å²) in [5.41, 5.74) is 5.57.